The minimum absolute atomic E-state index is 0.682. The van der Waals surface area contributed by atoms with Gasteiger partial charge in [0, 0.05) is 0 Å². The van der Waals surface area contributed by atoms with E-state index in [0.29, 0.717) is 0 Å². The van der Waals surface area contributed by atoms with E-state index in [-0.39, 0.29) is 0 Å². The zero-order valence-electron chi connectivity index (χ0n) is 12.3. The van der Waals surface area contributed by atoms with Crippen molar-refractivity contribution in [2.45, 2.75) is 61.3 Å². The maximum absolute atomic E-state index is 11.2. The maximum atomic E-state index is 11.2. The average molecular weight is 355 g/mol. The molecule has 0 amide bonds. The molecule has 0 aromatic carbocycles. The van der Waals surface area contributed by atoms with Gasteiger partial charge in [-0.1, -0.05) is 0 Å². The van der Waals surface area contributed by atoms with Gasteiger partial charge in [-0.15, -0.1) is 0 Å². The summed E-state index contributed by atoms with van der Waals surface area (Å²) in [7, 11) is 0. The first-order chi connectivity index (χ1) is 11.2. The van der Waals surface area contributed by atoms with Gasteiger partial charge in [-0.05, 0) is 0 Å². The number of aliphatic hydroxyl groups excluding tert-OH is 6. The highest BCUT2D eigenvalue weighted by Gasteiger charge is 2.51. The highest BCUT2D eigenvalue weighted by atomic mass is 16.7. The van der Waals surface area contributed by atoms with E-state index in [1.54, 1.807) is 0 Å². The van der Waals surface area contributed by atoms with Gasteiger partial charge in [0.05, 0.1) is 12.6 Å². The van der Waals surface area contributed by atoms with Gasteiger partial charge in [0.15, 0.2) is 18.7 Å². The fourth-order valence-corrected chi connectivity index (χ4v) is 2.58. The first-order valence-electron chi connectivity index (χ1n) is 7.15. The molecular formula is C12H21NO11. The molecule has 0 aliphatic carbocycles. The van der Waals surface area contributed by atoms with Crippen molar-refractivity contribution in [3.63, 3.8) is 0 Å². The van der Waals surface area contributed by atoms with Crippen LogP contribution in [0.1, 0.15) is 0 Å². The van der Waals surface area contributed by atoms with E-state index in [1.807, 2.05) is 0 Å². The third-order valence-corrected chi connectivity index (χ3v) is 4.03. The molecule has 0 aromatic heterocycles. The predicted molar refractivity (Wildman–Crippen MR) is 71.1 cm³/mol. The van der Waals surface area contributed by atoms with Crippen LogP contribution < -0.4 is 5.73 Å². The lowest BCUT2D eigenvalue weighted by molar-refractivity contribution is -0.333. The molecule has 0 aromatic rings. The fraction of sp³-hybridized carbons (Fsp3) is 0.917. The summed E-state index contributed by atoms with van der Waals surface area (Å²) in [6.45, 7) is -0.682. The molecule has 0 saturated carbocycles. The number of carboxylic acid groups (broad SMARTS) is 1. The van der Waals surface area contributed by atoms with Crippen molar-refractivity contribution in [3.8, 4) is 0 Å². The second-order valence-electron chi connectivity index (χ2n) is 5.65. The Bertz CT molecular complexity index is 449. The molecule has 2 fully saturated rings. The molecule has 2 saturated heterocycles. The lowest BCUT2D eigenvalue weighted by Gasteiger charge is -2.45. The van der Waals surface area contributed by atoms with Crippen LogP contribution in [0.25, 0.3) is 0 Å². The topological polar surface area (TPSA) is 212 Å². The van der Waals surface area contributed by atoms with Crippen molar-refractivity contribution in [2.75, 3.05) is 6.61 Å². The van der Waals surface area contributed by atoms with Crippen molar-refractivity contribution in [1.29, 1.82) is 0 Å². The van der Waals surface area contributed by atoms with E-state index in [2.05, 4.69) is 4.74 Å². The Balaban J connectivity index is 2.18. The highest BCUT2D eigenvalue weighted by Crippen LogP contribution is 2.28. The van der Waals surface area contributed by atoms with Crippen molar-refractivity contribution in [2.24, 2.45) is 5.73 Å². The summed E-state index contributed by atoms with van der Waals surface area (Å²) >= 11 is 0. The van der Waals surface area contributed by atoms with Gasteiger partial charge in [0.25, 0.3) is 0 Å². The summed E-state index contributed by atoms with van der Waals surface area (Å²) in [5, 5.41) is 66.7. The average Bonchev–Trinajstić information content (AvgIpc) is 2.54. The molecule has 10 atom stereocenters. The van der Waals surface area contributed by atoms with Gasteiger partial charge in [0.2, 0.25) is 0 Å². The van der Waals surface area contributed by atoms with Crippen molar-refractivity contribution in [1.82, 2.24) is 0 Å². The molecule has 0 bridgehead atoms. The standard InChI is InChI=1S/C12H21NO11/c13-3-5(16)4(15)2(1-14)22-12(3)24-8-6(17)7(18)11(21)23-9(8)10(19)20/h2-9,11-12,14-18,21H,1,13H2,(H,19,20)/t2-,3-,4-,5-,6-,7-,8+,9+,11+,12-/m1/s1. The number of ether oxygens (including phenoxy) is 3. The summed E-state index contributed by atoms with van der Waals surface area (Å²) in [6, 6.07) is -1.34. The third-order valence-electron chi connectivity index (χ3n) is 4.03. The van der Waals surface area contributed by atoms with E-state index in [4.69, 9.17) is 25.4 Å². The summed E-state index contributed by atoms with van der Waals surface area (Å²) in [6.07, 6.45) is -15.0. The molecule has 2 rings (SSSR count). The second kappa shape index (κ2) is 7.53. The summed E-state index contributed by atoms with van der Waals surface area (Å²) in [5.74, 6) is -1.59. The monoisotopic (exact) mass is 355 g/mol. The molecule has 0 radical (unpaired) electrons. The Hall–Kier alpha value is -0.930. The number of hydrogen-bond acceptors (Lipinski definition) is 11. The second-order valence-corrected chi connectivity index (χ2v) is 5.65. The molecule has 12 nitrogen and oxygen atoms in total. The van der Waals surface area contributed by atoms with Gasteiger partial charge in [0.1, 0.15) is 36.6 Å². The first-order valence-corrected chi connectivity index (χ1v) is 7.15. The van der Waals surface area contributed by atoms with Crippen LogP contribution in [0.5, 0.6) is 0 Å². The van der Waals surface area contributed by atoms with Gasteiger partial charge in [-0.2, -0.15) is 0 Å². The fourth-order valence-electron chi connectivity index (χ4n) is 2.58. The molecule has 12 heteroatoms. The van der Waals surface area contributed by atoms with Gasteiger partial charge >= 0.3 is 5.97 Å². The van der Waals surface area contributed by atoms with Crippen LogP contribution >= 0.6 is 0 Å². The van der Waals surface area contributed by atoms with Crippen LogP contribution in [0.4, 0.5) is 0 Å². The minimum atomic E-state index is -1.94. The zero-order valence-corrected chi connectivity index (χ0v) is 12.3. The van der Waals surface area contributed by atoms with E-state index in [9.17, 15) is 30.3 Å². The maximum Gasteiger partial charge on any atom is 0.335 e. The van der Waals surface area contributed by atoms with Gasteiger partial charge < -0.3 is 55.7 Å². The SMILES string of the molecule is N[C@H]1[C@@H](O[C@H]2[C@H](O)[C@@H](O)[C@@H](O)O[C@@H]2C(=O)O)O[C@H](CO)[C@@H](O)[C@@H]1O. The number of aliphatic carboxylic acids is 1. The quantitative estimate of drug-likeness (QED) is 0.237. The molecule has 2 aliphatic rings. The van der Waals surface area contributed by atoms with Crippen molar-refractivity contribution < 1.29 is 54.8 Å². The largest absolute Gasteiger partial charge is 0.479 e. The number of nitrogens with two attached hydrogens (primary N) is 1. The Morgan fingerprint density at radius 2 is 1.62 bits per heavy atom. The van der Waals surface area contributed by atoms with E-state index >= 15 is 0 Å². The summed E-state index contributed by atoms with van der Waals surface area (Å²) < 4.78 is 15.1. The van der Waals surface area contributed by atoms with Crippen LogP contribution in [0.15, 0.2) is 0 Å². The lowest BCUT2D eigenvalue weighted by Crippen LogP contribution is -2.66. The van der Waals surface area contributed by atoms with Gasteiger partial charge in [-0.25, -0.2) is 4.79 Å². The van der Waals surface area contributed by atoms with Crippen LogP contribution in [-0.2, 0) is 19.0 Å². The molecule has 2 heterocycles. The molecule has 2 aliphatic heterocycles. The Kier molecular flexibility index (Phi) is 6.09. The van der Waals surface area contributed by atoms with Crippen LogP contribution in [-0.4, -0.2) is 110 Å². The Morgan fingerprint density at radius 1 is 1.00 bits per heavy atom. The highest BCUT2D eigenvalue weighted by molar-refractivity contribution is 5.73. The normalized spacial score (nSPS) is 49.8. The molecule has 9 N–H and O–H groups in total. The van der Waals surface area contributed by atoms with Gasteiger partial charge in [-0.3, -0.25) is 0 Å². The lowest BCUT2D eigenvalue weighted by atomic mass is 9.96. The Morgan fingerprint density at radius 3 is 2.17 bits per heavy atom. The van der Waals surface area contributed by atoms with Crippen molar-refractivity contribution >= 4 is 5.97 Å². The number of carbonyl (C=O) groups is 1. The molecule has 140 valence electrons. The molecule has 0 unspecified atom stereocenters. The van der Waals surface area contributed by atoms with Crippen molar-refractivity contribution in [3.05, 3.63) is 0 Å². The molecule has 0 spiro atoms. The predicted octanol–water partition coefficient (Wildman–Crippen LogP) is -5.34. The van der Waals surface area contributed by atoms with Crippen LogP contribution in [0, 0.1) is 0 Å². The van der Waals surface area contributed by atoms with E-state index in [1.165, 1.54) is 0 Å². The molecular weight excluding hydrogens is 334 g/mol. The first kappa shape index (κ1) is 19.4. The number of rotatable bonds is 4. The summed E-state index contributed by atoms with van der Waals surface area (Å²) in [5.41, 5.74) is 5.65. The van der Waals surface area contributed by atoms with Crippen LogP contribution in [0.2, 0.25) is 0 Å². The minimum Gasteiger partial charge on any atom is -0.479 e. The van der Waals surface area contributed by atoms with Crippen LogP contribution in [0.3, 0.4) is 0 Å². The molecule has 24 heavy (non-hydrogen) atoms. The Labute approximate surface area is 135 Å². The number of hydrogen-bond donors (Lipinski definition) is 8. The van der Waals surface area contributed by atoms with E-state index < -0.39 is 73.9 Å². The number of carboxylic acids is 1. The van der Waals surface area contributed by atoms with E-state index in [0.717, 1.165) is 0 Å². The zero-order chi connectivity index (χ0) is 18.2. The number of aliphatic hydroxyl groups is 6. The summed E-state index contributed by atoms with van der Waals surface area (Å²) in [4.78, 5) is 11.2. The smallest absolute Gasteiger partial charge is 0.335 e. The third kappa shape index (κ3) is 3.52.